The molecule has 0 radical (unpaired) electrons. The number of likely N-dealkylation sites (tertiary alicyclic amines) is 1. The Kier molecular flexibility index (Phi) is 10.6. The van der Waals surface area contributed by atoms with E-state index in [0.717, 1.165) is 23.1 Å². The molecule has 0 spiro atoms. The smallest absolute Gasteiger partial charge is 0.245 e. The van der Waals surface area contributed by atoms with Crippen LogP contribution in [0.25, 0.3) is 22.0 Å². The fourth-order valence-corrected chi connectivity index (χ4v) is 8.00. The molecule has 2 fully saturated rings. The van der Waals surface area contributed by atoms with E-state index in [4.69, 9.17) is 0 Å². The van der Waals surface area contributed by atoms with Crippen molar-refractivity contribution in [3.8, 4) is 11.1 Å². The normalized spacial score (nSPS) is 19.0. The summed E-state index contributed by atoms with van der Waals surface area (Å²) < 4.78 is 16.1. The highest BCUT2D eigenvalue weighted by molar-refractivity contribution is 9.10. The Balaban J connectivity index is 1.34. The van der Waals surface area contributed by atoms with Crippen molar-refractivity contribution in [2.24, 2.45) is 5.41 Å². The predicted molar refractivity (Wildman–Crippen MR) is 198 cm³/mol. The first-order valence-corrected chi connectivity index (χ1v) is 18.1. The SMILES string of the molecule is C=CCCCC(=O)N(C)C[C@@]12C[C@@H](C(=O)Cc3cc(F)cc(Br)n3)N(C(=O)Cn3nc(C(C)=O)c4cc(-c5cnc(C)nc5)cc(CC=C)c43)[C@@H]1C2. The van der Waals surface area contributed by atoms with Crippen molar-refractivity contribution in [1.29, 1.82) is 0 Å². The molecule has 1 aliphatic carbocycles. The van der Waals surface area contributed by atoms with Gasteiger partial charge in [-0.05, 0) is 84.3 Å². The number of hydrogen-bond donors (Lipinski definition) is 0. The van der Waals surface area contributed by atoms with Gasteiger partial charge in [0, 0.05) is 67.8 Å². The van der Waals surface area contributed by atoms with Crippen molar-refractivity contribution in [3.05, 3.63) is 95.2 Å². The zero-order valence-electron chi connectivity index (χ0n) is 29.6. The van der Waals surface area contributed by atoms with E-state index in [1.165, 1.54) is 19.1 Å². The number of halogens is 2. The van der Waals surface area contributed by atoms with Crippen LogP contribution in [-0.4, -0.2) is 83.6 Å². The van der Waals surface area contributed by atoms with Gasteiger partial charge in [-0.1, -0.05) is 12.2 Å². The Labute approximate surface area is 310 Å². The van der Waals surface area contributed by atoms with E-state index in [1.54, 1.807) is 53.0 Å². The van der Waals surface area contributed by atoms with Crippen LogP contribution in [0.3, 0.4) is 0 Å². The lowest BCUT2D eigenvalue weighted by atomic mass is 9.94. The van der Waals surface area contributed by atoms with Crippen molar-refractivity contribution >= 4 is 50.2 Å². The van der Waals surface area contributed by atoms with Crippen molar-refractivity contribution < 1.29 is 23.6 Å². The van der Waals surface area contributed by atoms with E-state index in [1.807, 2.05) is 12.1 Å². The van der Waals surface area contributed by atoms with Gasteiger partial charge < -0.3 is 9.80 Å². The molecule has 52 heavy (non-hydrogen) atoms. The van der Waals surface area contributed by atoms with Gasteiger partial charge in [0.2, 0.25) is 11.8 Å². The van der Waals surface area contributed by atoms with Crippen molar-refractivity contribution in [1.82, 2.24) is 34.5 Å². The van der Waals surface area contributed by atoms with Gasteiger partial charge in [0.15, 0.2) is 11.6 Å². The maximum atomic E-state index is 14.5. The molecule has 2 aliphatic rings. The number of benzene rings is 1. The second-order valence-corrected chi connectivity index (χ2v) is 14.7. The summed E-state index contributed by atoms with van der Waals surface area (Å²) in [4.78, 5) is 70.7. The highest BCUT2D eigenvalue weighted by Crippen LogP contribution is 2.60. The minimum atomic E-state index is -0.811. The second kappa shape index (κ2) is 15.0. The van der Waals surface area contributed by atoms with Crippen LogP contribution in [0.5, 0.6) is 0 Å². The standard InChI is InChI=1S/C39H41BrFN7O4/c1-6-8-9-11-35(51)46(5)22-39-17-31(32(50)16-29-14-28(41)15-34(40)44-29)48(33(39)18-39)36(52)21-47-38-25(10-7-2)12-26(27-19-42-24(4)43-20-27)13-30(38)37(45-47)23(3)49/h6-7,12-15,19-20,31,33H,1-2,8-11,16-18,21-22H2,3-5H3/t31-,33+,39-/m0/s1. The first-order chi connectivity index (χ1) is 24.8. The van der Waals surface area contributed by atoms with Gasteiger partial charge in [-0.15, -0.1) is 13.2 Å². The average molecular weight is 771 g/mol. The quantitative estimate of drug-likeness (QED) is 0.0622. The lowest BCUT2D eigenvalue weighted by Gasteiger charge is -2.27. The number of allylic oxidation sites excluding steroid dienone is 2. The molecular formula is C39H41BrFN7O4. The topological polar surface area (TPSA) is 131 Å². The molecule has 3 aromatic heterocycles. The number of pyridine rings is 1. The summed E-state index contributed by atoms with van der Waals surface area (Å²) in [7, 11) is 1.76. The van der Waals surface area contributed by atoms with Gasteiger partial charge in [0.05, 0.1) is 23.7 Å². The number of unbranched alkanes of at least 4 members (excludes halogenated alkanes) is 1. The van der Waals surface area contributed by atoms with Crippen LogP contribution < -0.4 is 0 Å². The monoisotopic (exact) mass is 769 g/mol. The minimum Gasteiger partial charge on any atom is -0.345 e. The maximum Gasteiger partial charge on any atom is 0.245 e. The van der Waals surface area contributed by atoms with E-state index in [0.29, 0.717) is 55.4 Å². The molecule has 0 N–H and O–H groups in total. The summed E-state index contributed by atoms with van der Waals surface area (Å²) in [5.41, 5.74) is 3.02. The minimum absolute atomic E-state index is 0.00516. The molecule has 270 valence electrons. The van der Waals surface area contributed by atoms with Crippen molar-refractivity contribution in [3.63, 3.8) is 0 Å². The zero-order valence-corrected chi connectivity index (χ0v) is 31.2. The van der Waals surface area contributed by atoms with Crippen LogP contribution in [0.15, 0.2) is 66.6 Å². The van der Waals surface area contributed by atoms with Crippen LogP contribution >= 0.6 is 15.9 Å². The van der Waals surface area contributed by atoms with Crippen LogP contribution in [-0.2, 0) is 33.8 Å². The first-order valence-electron chi connectivity index (χ1n) is 17.3. The Morgan fingerprint density at radius 3 is 2.50 bits per heavy atom. The molecule has 13 heteroatoms. The van der Waals surface area contributed by atoms with Gasteiger partial charge in [0.1, 0.15) is 28.5 Å². The number of hydrogen-bond acceptors (Lipinski definition) is 8. The second-order valence-electron chi connectivity index (χ2n) is 13.9. The molecule has 1 saturated heterocycles. The molecule has 0 bridgehead atoms. The molecule has 0 unspecified atom stereocenters. The van der Waals surface area contributed by atoms with Gasteiger partial charge in [-0.25, -0.2) is 19.3 Å². The first kappa shape index (κ1) is 36.9. The predicted octanol–water partition coefficient (Wildman–Crippen LogP) is 6.02. The van der Waals surface area contributed by atoms with Gasteiger partial charge in [-0.2, -0.15) is 5.10 Å². The Hall–Kier alpha value is -4.91. The number of ketones is 2. The van der Waals surface area contributed by atoms with Crippen LogP contribution in [0.2, 0.25) is 0 Å². The molecule has 1 aliphatic heterocycles. The number of nitrogens with zero attached hydrogens (tertiary/aromatic N) is 7. The average Bonchev–Trinajstić information content (AvgIpc) is 3.48. The molecule has 1 aromatic carbocycles. The number of carbonyl (C=O) groups is 4. The molecule has 3 atom stereocenters. The molecule has 6 rings (SSSR count). The van der Waals surface area contributed by atoms with Crippen LogP contribution in [0.1, 0.15) is 66.6 Å². The lowest BCUT2D eigenvalue weighted by Crippen LogP contribution is -2.45. The van der Waals surface area contributed by atoms with Crippen molar-refractivity contribution in [2.75, 3.05) is 13.6 Å². The number of fused-ring (bicyclic) bond motifs is 2. The molecule has 11 nitrogen and oxygen atoms in total. The fraction of sp³-hybridized carbons (Fsp3) is 0.385. The Bertz CT molecular complexity index is 2080. The number of rotatable bonds is 15. The highest BCUT2D eigenvalue weighted by atomic mass is 79.9. The molecule has 1 saturated carbocycles. The number of aromatic nitrogens is 5. The molecule has 2 amide bonds. The summed E-state index contributed by atoms with van der Waals surface area (Å²) in [6.07, 6.45) is 10.1. The van der Waals surface area contributed by atoms with Crippen molar-refractivity contribution in [2.45, 2.75) is 77.4 Å². The fourth-order valence-electron chi connectivity index (χ4n) is 7.55. The van der Waals surface area contributed by atoms with Crippen LogP contribution in [0, 0.1) is 18.2 Å². The summed E-state index contributed by atoms with van der Waals surface area (Å²) in [5, 5.41) is 5.25. The number of carbonyl (C=O) groups excluding carboxylic acids is 4. The molecule has 4 aromatic rings. The zero-order chi connectivity index (χ0) is 37.3. The third kappa shape index (κ3) is 7.50. The highest BCUT2D eigenvalue weighted by Gasteiger charge is 2.67. The number of Topliss-reactive ketones (excluding diaryl/α,β-unsaturated/α-hetero) is 2. The third-order valence-electron chi connectivity index (χ3n) is 10.0. The maximum absolute atomic E-state index is 14.5. The van der Waals surface area contributed by atoms with Gasteiger partial charge in [0.25, 0.3) is 0 Å². The Morgan fingerprint density at radius 2 is 1.83 bits per heavy atom. The summed E-state index contributed by atoms with van der Waals surface area (Å²) >= 11 is 3.20. The van der Waals surface area contributed by atoms with Crippen LogP contribution in [0.4, 0.5) is 4.39 Å². The van der Waals surface area contributed by atoms with E-state index in [2.05, 4.69) is 49.1 Å². The lowest BCUT2D eigenvalue weighted by molar-refractivity contribution is -0.139. The number of piperidine rings is 1. The van der Waals surface area contributed by atoms with E-state index >= 15 is 0 Å². The van der Waals surface area contributed by atoms with E-state index in [9.17, 15) is 23.6 Å². The largest absolute Gasteiger partial charge is 0.345 e. The molecular weight excluding hydrogens is 729 g/mol. The number of amides is 2. The summed E-state index contributed by atoms with van der Waals surface area (Å²) in [6.45, 7) is 11.1. The third-order valence-corrected chi connectivity index (χ3v) is 10.4. The van der Waals surface area contributed by atoms with E-state index < -0.39 is 17.3 Å². The number of aryl methyl sites for hydroxylation is 1. The summed E-state index contributed by atoms with van der Waals surface area (Å²) in [5.74, 6) is -0.766. The molecule has 4 heterocycles. The van der Waals surface area contributed by atoms with Gasteiger partial charge >= 0.3 is 0 Å². The van der Waals surface area contributed by atoms with Gasteiger partial charge in [-0.3, -0.25) is 23.9 Å². The Morgan fingerprint density at radius 1 is 1.08 bits per heavy atom. The summed E-state index contributed by atoms with van der Waals surface area (Å²) in [6, 6.07) is 5.17. The van der Waals surface area contributed by atoms with E-state index in [-0.39, 0.29) is 58.4 Å².